The van der Waals surface area contributed by atoms with Gasteiger partial charge in [0.15, 0.2) is 0 Å². The van der Waals surface area contributed by atoms with Crippen LogP contribution in [-0.4, -0.2) is 20.0 Å². The largest absolute Gasteiger partial charge is 0.354 e. The molecular weight excluding hydrogens is 404 g/mol. The molecule has 26 heavy (non-hydrogen) atoms. The topological polar surface area (TPSA) is 106 Å². The summed E-state index contributed by atoms with van der Waals surface area (Å²) < 4.78 is 3.03. The van der Waals surface area contributed by atoms with E-state index in [1.54, 1.807) is 24.7 Å². The number of hydrogen-bond acceptors (Lipinski definition) is 4. The minimum absolute atomic E-state index is 0.113. The zero-order valence-electron chi connectivity index (χ0n) is 14.0. The molecule has 0 saturated carbocycles. The van der Waals surface area contributed by atoms with Crippen LogP contribution in [0.5, 0.6) is 0 Å². The zero-order chi connectivity index (χ0) is 19.0. The number of anilines is 1. The molecule has 0 spiro atoms. The first kappa shape index (κ1) is 17.9. The molecule has 0 aliphatic heterocycles. The van der Waals surface area contributed by atoms with Gasteiger partial charge in [-0.2, -0.15) is 0 Å². The lowest BCUT2D eigenvalue weighted by atomic mass is 10.1. The number of H-pyrrole nitrogens is 1. The first-order valence-corrected chi connectivity index (χ1v) is 8.55. The van der Waals surface area contributed by atoms with E-state index in [1.807, 2.05) is 0 Å². The van der Waals surface area contributed by atoms with Crippen molar-refractivity contribution >= 4 is 38.4 Å². The Balaban J connectivity index is 2.04. The van der Waals surface area contributed by atoms with Gasteiger partial charge in [-0.15, -0.1) is 0 Å². The Labute approximate surface area is 155 Å². The quantitative estimate of drug-likeness (QED) is 0.670. The fourth-order valence-corrected chi connectivity index (χ4v) is 3.17. The summed E-state index contributed by atoms with van der Waals surface area (Å²) in [6.07, 6.45) is 3.07. The van der Waals surface area contributed by atoms with Crippen LogP contribution in [-0.2, 0) is 13.6 Å². The fourth-order valence-electron chi connectivity index (χ4n) is 2.63. The number of hydrogen-bond donors (Lipinski definition) is 2. The lowest BCUT2D eigenvalue weighted by Gasteiger charge is -2.09. The number of aromatic amines is 1. The predicted molar refractivity (Wildman–Crippen MR) is 102 cm³/mol. The van der Waals surface area contributed by atoms with Gasteiger partial charge in [-0.05, 0) is 41.1 Å². The highest BCUT2D eigenvalue weighted by Gasteiger charge is 2.13. The monoisotopic (exact) mass is 418 g/mol. The molecule has 0 fully saturated rings. The van der Waals surface area contributed by atoms with Crippen molar-refractivity contribution in [3.8, 4) is 0 Å². The van der Waals surface area contributed by atoms with E-state index in [2.05, 4.69) is 26.2 Å². The number of benzene rings is 1. The van der Waals surface area contributed by atoms with E-state index >= 15 is 0 Å². The van der Waals surface area contributed by atoms with Crippen LogP contribution in [0.15, 0.2) is 49.4 Å². The second-order valence-corrected chi connectivity index (χ2v) is 6.56. The Kier molecular flexibility index (Phi) is 4.64. The van der Waals surface area contributed by atoms with Crippen molar-refractivity contribution in [3.05, 3.63) is 71.7 Å². The lowest BCUT2D eigenvalue weighted by Crippen LogP contribution is -2.34. The Morgan fingerprint density at radius 1 is 1.23 bits per heavy atom. The molecule has 3 aromatic rings. The third-order valence-corrected chi connectivity index (χ3v) is 4.48. The summed E-state index contributed by atoms with van der Waals surface area (Å²) in [4.78, 5) is 51.4. The van der Waals surface area contributed by atoms with Crippen LogP contribution in [0.1, 0.15) is 17.3 Å². The Morgan fingerprint density at radius 2 is 1.96 bits per heavy atom. The number of carbonyl (C=O) groups is 1. The van der Waals surface area contributed by atoms with Crippen molar-refractivity contribution in [2.24, 2.45) is 7.05 Å². The number of rotatable bonds is 3. The SMILES string of the molecule is CCn1c(=O)[nH]c2cc(C(=O)Nc3cn(C)cc(Br)c3=O)ccc2c1=O. The molecule has 8 nitrogen and oxygen atoms in total. The summed E-state index contributed by atoms with van der Waals surface area (Å²) >= 11 is 3.14. The molecule has 0 aliphatic rings. The first-order valence-electron chi connectivity index (χ1n) is 7.76. The van der Waals surface area contributed by atoms with Gasteiger partial charge in [-0.3, -0.25) is 19.0 Å². The minimum Gasteiger partial charge on any atom is -0.354 e. The van der Waals surface area contributed by atoms with Gasteiger partial charge in [0.1, 0.15) is 5.69 Å². The summed E-state index contributed by atoms with van der Waals surface area (Å²) in [5.41, 5.74) is -0.718. The van der Waals surface area contributed by atoms with Gasteiger partial charge in [-0.1, -0.05) is 0 Å². The van der Waals surface area contributed by atoms with Crippen molar-refractivity contribution in [2.45, 2.75) is 13.5 Å². The molecule has 2 heterocycles. The maximum atomic E-state index is 12.5. The fraction of sp³-hybridized carbons (Fsp3) is 0.176. The van der Waals surface area contributed by atoms with Gasteiger partial charge >= 0.3 is 5.69 Å². The molecule has 1 amide bonds. The van der Waals surface area contributed by atoms with Gasteiger partial charge in [-0.25, -0.2) is 4.79 Å². The van der Waals surface area contributed by atoms with Gasteiger partial charge < -0.3 is 14.9 Å². The molecule has 0 saturated heterocycles. The molecule has 0 radical (unpaired) electrons. The van der Waals surface area contributed by atoms with E-state index in [4.69, 9.17) is 0 Å². The van der Waals surface area contributed by atoms with Crippen LogP contribution in [0.4, 0.5) is 5.69 Å². The number of nitrogens with zero attached hydrogens (tertiary/aromatic N) is 2. The van der Waals surface area contributed by atoms with Crippen LogP contribution < -0.4 is 22.0 Å². The number of aromatic nitrogens is 3. The summed E-state index contributed by atoms with van der Waals surface area (Å²) in [5, 5.41) is 2.85. The highest BCUT2D eigenvalue weighted by Crippen LogP contribution is 2.12. The summed E-state index contributed by atoms with van der Waals surface area (Å²) in [7, 11) is 1.72. The van der Waals surface area contributed by atoms with Crippen LogP contribution >= 0.6 is 15.9 Å². The molecule has 1 aromatic carbocycles. The highest BCUT2D eigenvalue weighted by atomic mass is 79.9. The molecule has 3 rings (SSSR count). The van der Waals surface area contributed by atoms with Crippen molar-refractivity contribution in [3.63, 3.8) is 0 Å². The average Bonchev–Trinajstić information content (AvgIpc) is 2.59. The molecule has 0 bridgehead atoms. The smallest absolute Gasteiger partial charge is 0.328 e. The van der Waals surface area contributed by atoms with Crippen molar-refractivity contribution in [1.82, 2.24) is 14.1 Å². The number of pyridine rings is 1. The number of carbonyl (C=O) groups excluding carboxylic acids is 1. The van der Waals surface area contributed by atoms with Gasteiger partial charge in [0.2, 0.25) is 5.43 Å². The summed E-state index contributed by atoms with van der Waals surface area (Å²) in [6.45, 7) is 1.95. The highest BCUT2D eigenvalue weighted by molar-refractivity contribution is 9.10. The molecule has 2 N–H and O–H groups in total. The summed E-state index contributed by atoms with van der Waals surface area (Å²) in [6, 6.07) is 4.36. The Bertz CT molecular complexity index is 1210. The lowest BCUT2D eigenvalue weighted by molar-refractivity contribution is 0.102. The van der Waals surface area contributed by atoms with E-state index in [0.29, 0.717) is 9.86 Å². The van der Waals surface area contributed by atoms with E-state index in [9.17, 15) is 19.2 Å². The van der Waals surface area contributed by atoms with Gasteiger partial charge in [0.05, 0.1) is 15.4 Å². The number of halogens is 1. The normalized spacial score (nSPS) is 10.9. The Morgan fingerprint density at radius 3 is 2.65 bits per heavy atom. The molecule has 9 heteroatoms. The maximum Gasteiger partial charge on any atom is 0.328 e. The predicted octanol–water partition coefficient (Wildman–Crippen LogP) is 1.42. The number of nitrogens with one attached hydrogen (secondary N) is 2. The van der Waals surface area contributed by atoms with E-state index in [1.165, 1.54) is 24.4 Å². The number of aryl methyl sites for hydroxylation is 1. The van der Waals surface area contributed by atoms with Crippen LogP contribution in [0.2, 0.25) is 0 Å². The average molecular weight is 419 g/mol. The van der Waals surface area contributed by atoms with Crippen LogP contribution in [0.3, 0.4) is 0 Å². The molecule has 0 atom stereocenters. The molecule has 0 aliphatic carbocycles. The van der Waals surface area contributed by atoms with E-state index < -0.39 is 17.2 Å². The van der Waals surface area contributed by atoms with Crippen molar-refractivity contribution < 1.29 is 4.79 Å². The molecular formula is C17H15BrN4O4. The second-order valence-electron chi connectivity index (χ2n) is 5.71. The number of fused-ring (bicyclic) bond motifs is 1. The van der Waals surface area contributed by atoms with Gasteiger partial charge in [0, 0.05) is 31.5 Å². The maximum absolute atomic E-state index is 12.5. The van der Waals surface area contributed by atoms with E-state index in [-0.39, 0.29) is 28.7 Å². The first-order chi connectivity index (χ1) is 12.3. The minimum atomic E-state index is -0.539. The third-order valence-electron chi connectivity index (χ3n) is 3.92. The molecule has 0 unspecified atom stereocenters. The molecule has 134 valence electrons. The third kappa shape index (κ3) is 3.13. The van der Waals surface area contributed by atoms with Crippen LogP contribution in [0, 0.1) is 0 Å². The summed E-state index contributed by atoms with van der Waals surface area (Å²) in [5.74, 6) is -0.525. The number of amides is 1. The van der Waals surface area contributed by atoms with Gasteiger partial charge in [0.25, 0.3) is 11.5 Å². The Hall–Kier alpha value is -2.94. The van der Waals surface area contributed by atoms with Crippen molar-refractivity contribution in [2.75, 3.05) is 5.32 Å². The molecule has 2 aromatic heterocycles. The van der Waals surface area contributed by atoms with E-state index in [0.717, 1.165) is 4.57 Å². The van der Waals surface area contributed by atoms with Crippen LogP contribution in [0.25, 0.3) is 10.9 Å². The zero-order valence-corrected chi connectivity index (χ0v) is 15.6. The van der Waals surface area contributed by atoms with Crippen molar-refractivity contribution in [1.29, 1.82) is 0 Å². The standard InChI is InChI=1S/C17H15BrN4O4/c1-3-22-16(25)10-5-4-9(6-12(10)20-17(22)26)15(24)19-13-8-21(2)7-11(18)14(13)23/h4-8H,3H2,1-2H3,(H,19,24)(H,20,26). The second kappa shape index (κ2) is 6.75.